The SMILES string of the molecule is CN(C)c1cc(CNc2cc(N3CCCC(CO)C3)ncn2)c2ccccc2n1. The third kappa shape index (κ3) is 4.40. The van der Waals surface area contributed by atoms with Crippen molar-refractivity contribution in [3.8, 4) is 0 Å². The van der Waals surface area contributed by atoms with Gasteiger partial charge in [0.15, 0.2) is 0 Å². The van der Waals surface area contributed by atoms with Crippen LogP contribution in [0.2, 0.25) is 0 Å². The fourth-order valence-corrected chi connectivity index (χ4v) is 3.83. The van der Waals surface area contributed by atoms with E-state index in [1.165, 1.54) is 5.56 Å². The monoisotopic (exact) mass is 392 g/mol. The van der Waals surface area contributed by atoms with Crippen LogP contribution in [0.1, 0.15) is 18.4 Å². The molecule has 29 heavy (non-hydrogen) atoms. The van der Waals surface area contributed by atoms with Gasteiger partial charge in [-0.3, -0.25) is 0 Å². The first kappa shape index (κ1) is 19.4. The van der Waals surface area contributed by atoms with Gasteiger partial charge in [-0.05, 0) is 36.5 Å². The summed E-state index contributed by atoms with van der Waals surface area (Å²) in [5, 5.41) is 14.1. The van der Waals surface area contributed by atoms with Gasteiger partial charge in [0.2, 0.25) is 0 Å². The Morgan fingerprint density at radius 3 is 2.90 bits per heavy atom. The van der Waals surface area contributed by atoms with Crippen molar-refractivity contribution in [1.29, 1.82) is 0 Å². The molecule has 1 aromatic carbocycles. The van der Waals surface area contributed by atoms with Gasteiger partial charge in [-0.25, -0.2) is 15.0 Å². The van der Waals surface area contributed by atoms with Crippen LogP contribution in [-0.4, -0.2) is 53.9 Å². The molecule has 7 nitrogen and oxygen atoms in total. The molecule has 0 radical (unpaired) electrons. The minimum Gasteiger partial charge on any atom is -0.396 e. The van der Waals surface area contributed by atoms with Crippen LogP contribution in [0.4, 0.5) is 17.5 Å². The zero-order valence-electron chi connectivity index (χ0n) is 17.0. The molecule has 1 saturated heterocycles. The van der Waals surface area contributed by atoms with Gasteiger partial charge in [-0.15, -0.1) is 0 Å². The number of aromatic nitrogens is 3. The zero-order chi connectivity index (χ0) is 20.2. The van der Waals surface area contributed by atoms with Gasteiger partial charge in [0, 0.05) is 51.8 Å². The number of benzene rings is 1. The van der Waals surface area contributed by atoms with Crippen molar-refractivity contribution in [2.45, 2.75) is 19.4 Å². The molecule has 3 heterocycles. The highest BCUT2D eigenvalue weighted by Gasteiger charge is 2.20. The van der Waals surface area contributed by atoms with Gasteiger partial charge >= 0.3 is 0 Å². The number of aliphatic hydroxyl groups is 1. The molecule has 2 aromatic heterocycles. The standard InChI is InChI=1S/C22H28N6O/c1-27(2)22-10-17(18-7-3-4-8-19(18)26-22)12-23-20-11-21(25-15-24-20)28-9-5-6-16(13-28)14-29/h3-4,7-8,10-11,15-16,29H,5-6,9,12-14H2,1-2H3,(H,23,24,25). The van der Waals surface area contributed by atoms with Crippen LogP contribution < -0.4 is 15.1 Å². The molecule has 1 aliphatic rings. The number of anilines is 3. The lowest BCUT2D eigenvalue weighted by Crippen LogP contribution is -2.37. The van der Waals surface area contributed by atoms with E-state index in [4.69, 9.17) is 4.98 Å². The Balaban J connectivity index is 1.54. The summed E-state index contributed by atoms with van der Waals surface area (Å²) in [7, 11) is 4.01. The minimum atomic E-state index is 0.232. The second-order valence-corrected chi connectivity index (χ2v) is 7.80. The summed E-state index contributed by atoms with van der Waals surface area (Å²) < 4.78 is 0. The van der Waals surface area contributed by atoms with E-state index in [1.54, 1.807) is 6.33 Å². The largest absolute Gasteiger partial charge is 0.396 e. The lowest BCUT2D eigenvalue weighted by Gasteiger charge is -2.32. The molecule has 0 bridgehead atoms. The van der Waals surface area contributed by atoms with Crippen LogP contribution in [0.3, 0.4) is 0 Å². The average Bonchev–Trinajstić information content (AvgIpc) is 2.77. The third-order valence-corrected chi connectivity index (χ3v) is 5.46. The number of hydrogen-bond acceptors (Lipinski definition) is 7. The highest BCUT2D eigenvalue weighted by molar-refractivity contribution is 5.84. The topological polar surface area (TPSA) is 77.4 Å². The molecule has 1 aliphatic heterocycles. The molecule has 4 rings (SSSR count). The van der Waals surface area contributed by atoms with Crippen LogP contribution in [0.15, 0.2) is 42.7 Å². The van der Waals surface area contributed by atoms with Gasteiger partial charge < -0.3 is 20.2 Å². The van der Waals surface area contributed by atoms with E-state index in [0.717, 1.165) is 54.3 Å². The lowest BCUT2D eigenvalue weighted by molar-refractivity contribution is 0.208. The predicted octanol–water partition coefficient (Wildman–Crippen LogP) is 2.91. The van der Waals surface area contributed by atoms with Crippen LogP contribution in [-0.2, 0) is 6.54 Å². The van der Waals surface area contributed by atoms with E-state index >= 15 is 0 Å². The second kappa shape index (κ2) is 8.61. The lowest BCUT2D eigenvalue weighted by atomic mass is 9.99. The number of pyridine rings is 1. The molecule has 1 unspecified atom stereocenters. The number of aliphatic hydroxyl groups excluding tert-OH is 1. The Morgan fingerprint density at radius 2 is 2.07 bits per heavy atom. The maximum atomic E-state index is 9.49. The summed E-state index contributed by atoms with van der Waals surface area (Å²) in [4.78, 5) is 17.8. The number of para-hydroxylation sites is 1. The van der Waals surface area contributed by atoms with Crippen molar-refractivity contribution in [3.63, 3.8) is 0 Å². The first-order valence-corrected chi connectivity index (χ1v) is 10.1. The molecular formula is C22H28N6O. The molecule has 1 fully saturated rings. The normalized spacial score (nSPS) is 16.8. The smallest absolute Gasteiger partial charge is 0.134 e. The number of nitrogens with zero attached hydrogens (tertiary/aromatic N) is 5. The number of nitrogens with one attached hydrogen (secondary N) is 1. The molecule has 3 aromatic rings. The Kier molecular flexibility index (Phi) is 5.76. The third-order valence-electron chi connectivity index (χ3n) is 5.46. The fourth-order valence-electron chi connectivity index (χ4n) is 3.83. The van der Waals surface area contributed by atoms with Crippen LogP contribution in [0.25, 0.3) is 10.9 Å². The van der Waals surface area contributed by atoms with E-state index in [0.29, 0.717) is 12.5 Å². The van der Waals surface area contributed by atoms with Crippen LogP contribution >= 0.6 is 0 Å². The van der Waals surface area contributed by atoms with Gasteiger partial charge in [-0.1, -0.05) is 18.2 Å². The molecule has 0 spiro atoms. The zero-order valence-corrected chi connectivity index (χ0v) is 17.0. The summed E-state index contributed by atoms with van der Waals surface area (Å²) >= 11 is 0. The first-order valence-electron chi connectivity index (χ1n) is 10.1. The first-order chi connectivity index (χ1) is 14.1. The van der Waals surface area contributed by atoms with Gasteiger partial charge in [0.05, 0.1) is 5.52 Å². The predicted molar refractivity (Wildman–Crippen MR) is 117 cm³/mol. The van der Waals surface area contributed by atoms with Crippen molar-refractivity contribution in [1.82, 2.24) is 15.0 Å². The van der Waals surface area contributed by atoms with Gasteiger partial charge in [-0.2, -0.15) is 0 Å². The van der Waals surface area contributed by atoms with Crippen molar-refractivity contribution in [3.05, 3.63) is 48.3 Å². The Bertz CT molecular complexity index is 976. The Morgan fingerprint density at radius 1 is 1.21 bits per heavy atom. The van der Waals surface area contributed by atoms with Gasteiger partial charge in [0.25, 0.3) is 0 Å². The summed E-state index contributed by atoms with van der Waals surface area (Å²) in [6.45, 7) is 2.69. The molecule has 0 saturated carbocycles. The summed E-state index contributed by atoms with van der Waals surface area (Å²) in [5.74, 6) is 2.97. The maximum absolute atomic E-state index is 9.49. The molecule has 2 N–H and O–H groups in total. The molecule has 7 heteroatoms. The van der Waals surface area contributed by atoms with E-state index < -0.39 is 0 Å². The van der Waals surface area contributed by atoms with Crippen molar-refractivity contribution < 1.29 is 5.11 Å². The van der Waals surface area contributed by atoms with E-state index in [-0.39, 0.29) is 6.61 Å². The van der Waals surface area contributed by atoms with E-state index in [9.17, 15) is 5.11 Å². The number of hydrogen-bond donors (Lipinski definition) is 2. The fraction of sp³-hybridized carbons (Fsp3) is 0.409. The van der Waals surface area contributed by atoms with Crippen molar-refractivity contribution in [2.75, 3.05) is 48.9 Å². The van der Waals surface area contributed by atoms with Gasteiger partial charge in [0.1, 0.15) is 23.8 Å². The number of rotatable bonds is 6. The number of piperidine rings is 1. The van der Waals surface area contributed by atoms with Crippen LogP contribution in [0.5, 0.6) is 0 Å². The van der Waals surface area contributed by atoms with Crippen molar-refractivity contribution in [2.24, 2.45) is 5.92 Å². The van der Waals surface area contributed by atoms with E-state index in [2.05, 4.69) is 32.3 Å². The summed E-state index contributed by atoms with van der Waals surface area (Å²) in [6, 6.07) is 12.3. The summed E-state index contributed by atoms with van der Waals surface area (Å²) in [5.41, 5.74) is 2.17. The molecule has 1 atom stereocenters. The van der Waals surface area contributed by atoms with Crippen LogP contribution in [0, 0.1) is 5.92 Å². The Hall–Kier alpha value is -2.93. The second-order valence-electron chi connectivity index (χ2n) is 7.80. The molecular weight excluding hydrogens is 364 g/mol. The molecule has 0 aliphatic carbocycles. The van der Waals surface area contributed by atoms with E-state index in [1.807, 2.05) is 43.3 Å². The molecule has 0 amide bonds. The highest BCUT2D eigenvalue weighted by atomic mass is 16.3. The summed E-state index contributed by atoms with van der Waals surface area (Å²) in [6.07, 6.45) is 3.76. The number of fused-ring (bicyclic) bond motifs is 1. The quantitative estimate of drug-likeness (QED) is 0.668. The average molecular weight is 393 g/mol. The molecule has 152 valence electrons. The highest BCUT2D eigenvalue weighted by Crippen LogP contribution is 2.25. The van der Waals surface area contributed by atoms with Crippen molar-refractivity contribution >= 4 is 28.4 Å². The maximum Gasteiger partial charge on any atom is 0.134 e. The Labute approximate surface area is 171 Å². The minimum absolute atomic E-state index is 0.232.